The Morgan fingerprint density at radius 3 is 2.69 bits per heavy atom. The summed E-state index contributed by atoms with van der Waals surface area (Å²) in [6, 6.07) is 0. The molecule has 0 radical (unpaired) electrons. The third-order valence-corrected chi connectivity index (χ3v) is 2.90. The van der Waals surface area contributed by atoms with E-state index in [0.29, 0.717) is 0 Å². The SMILES string of the molecule is SCCCNCCC1CCOCC1. The minimum Gasteiger partial charge on any atom is -0.381 e. The smallest absolute Gasteiger partial charge is 0.0468 e. The Balaban J connectivity index is 1.86. The monoisotopic (exact) mass is 203 g/mol. The van der Waals surface area contributed by atoms with Crippen LogP contribution in [0.5, 0.6) is 0 Å². The van der Waals surface area contributed by atoms with E-state index in [4.69, 9.17) is 4.74 Å². The van der Waals surface area contributed by atoms with E-state index >= 15 is 0 Å². The number of hydrogen-bond acceptors (Lipinski definition) is 3. The second-order valence-electron chi connectivity index (χ2n) is 3.67. The van der Waals surface area contributed by atoms with Gasteiger partial charge in [0.15, 0.2) is 0 Å². The van der Waals surface area contributed by atoms with Crippen LogP contribution in [0.1, 0.15) is 25.7 Å². The fourth-order valence-corrected chi connectivity index (χ4v) is 1.83. The molecule has 0 bridgehead atoms. The summed E-state index contributed by atoms with van der Waals surface area (Å²) in [5, 5.41) is 3.44. The maximum absolute atomic E-state index is 5.31. The fourth-order valence-electron chi connectivity index (χ4n) is 1.67. The molecule has 1 rings (SSSR count). The summed E-state index contributed by atoms with van der Waals surface area (Å²) >= 11 is 4.17. The molecule has 78 valence electrons. The van der Waals surface area contributed by atoms with E-state index in [0.717, 1.165) is 31.4 Å². The van der Waals surface area contributed by atoms with Crippen LogP contribution in [0.3, 0.4) is 0 Å². The maximum Gasteiger partial charge on any atom is 0.0468 e. The normalized spacial score (nSPS) is 19.2. The first kappa shape index (κ1) is 11.3. The van der Waals surface area contributed by atoms with Gasteiger partial charge in [0.1, 0.15) is 0 Å². The van der Waals surface area contributed by atoms with Crippen molar-refractivity contribution in [2.45, 2.75) is 25.7 Å². The maximum atomic E-state index is 5.31. The minimum absolute atomic E-state index is 0.900. The zero-order chi connectivity index (χ0) is 9.36. The summed E-state index contributed by atoms with van der Waals surface area (Å²) in [6.07, 6.45) is 5.01. The summed E-state index contributed by atoms with van der Waals surface area (Å²) < 4.78 is 5.31. The van der Waals surface area contributed by atoms with Gasteiger partial charge in [0, 0.05) is 13.2 Å². The predicted octanol–water partition coefficient (Wildman–Crippen LogP) is 1.71. The lowest BCUT2D eigenvalue weighted by molar-refractivity contribution is 0.0640. The van der Waals surface area contributed by atoms with Gasteiger partial charge in [-0.15, -0.1) is 0 Å². The Morgan fingerprint density at radius 2 is 2.00 bits per heavy atom. The lowest BCUT2D eigenvalue weighted by Gasteiger charge is -2.21. The third kappa shape index (κ3) is 5.55. The van der Waals surface area contributed by atoms with Gasteiger partial charge < -0.3 is 10.1 Å². The first-order valence-corrected chi connectivity index (χ1v) is 5.96. The van der Waals surface area contributed by atoms with Crippen molar-refractivity contribution in [3.63, 3.8) is 0 Å². The van der Waals surface area contributed by atoms with Gasteiger partial charge in [-0.25, -0.2) is 0 Å². The molecule has 1 heterocycles. The topological polar surface area (TPSA) is 21.3 Å². The van der Waals surface area contributed by atoms with Crippen molar-refractivity contribution in [2.24, 2.45) is 5.92 Å². The van der Waals surface area contributed by atoms with E-state index in [1.165, 1.54) is 32.2 Å². The van der Waals surface area contributed by atoms with Gasteiger partial charge in [0.2, 0.25) is 0 Å². The van der Waals surface area contributed by atoms with Crippen molar-refractivity contribution in [3.8, 4) is 0 Å². The standard InChI is InChI=1S/C10H21NOS/c13-9-1-5-11-6-2-10-3-7-12-8-4-10/h10-11,13H,1-9H2. The lowest BCUT2D eigenvalue weighted by atomic mass is 9.97. The van der Waals surface area contributed by atoms with E-state index in [9.17, 15) is 0 Å². The molecule has 0 atom stereocenters. The molecule has 0 aromatic carbocycles. The number of ether oxygens (including phenoxy) is 1. The highest BCUT2D eigenvalue weighted by atomic mass is 32.1. The zero-order valence-electron chi connectivity index (χ0n) is 8.30. The first-order valence-electron chi connectivity index (χ1n) is 5.33. The van der Waals surface area contributed by atoms with Gasteiger partial charge >= 0.3 is 0 Å². The van der Waals surface area contributed by atoms with Gasteiger partial charge in [-0.05, 0) is 50.4 Å². The Bertz CT molecular complexity index is 115. The number of thiol groups is 1. The second kappa shape index (κ2) is 7.65. The van der Waals surface area contributed by atoms with Crippen LogP contribution in [0.25, 0.3) is 0 Å². The molecule has 0 aromatic rings. The molecule has 1 fully saturated rings. The molecule has 0 aromatic heterocycles. The highest BCUT2D eigenvalue weighted by molar-refractivity contribution is 7.80. The number of nitrogens with one attached hydrogen (secondary N) is 1. The van der Waals surface area contributed by atoms with Crippen molar-refractivity contribution in [3.05, 3.63) is 0 Å². The Hall–Kier alpha value is 0.270. The molecule has 1 N–H and O–H groups in total. The van der Waals surface area contributed by atoms with Crippen LogP contribution in [-0.4, -0.2) is 32.1 Å². The van der Waals surface area contributed by atoms with Gasteiger partial charge in [-0.2, -0.15) is 12.6 Å². The zero-order valence-corrected chi connectivity index (χ0v) is 9.19. The van der Waals surface area contributed by atoms with Crippen LogP contribution in [0, 0.1) is 5.92 Å². The molecule has 0 aliphatic carbocycles. The molecule has 1 saturated heterocycles. The average Bonchev–Trinajstić information content (AvgIpc) is 2.19. The summed E-state index contributed by atoms with van der Waals surface area (Å²) in [7, 11) is 0. The molecule has 0 saturated carbocycles. The predicted molar refractivity (Wildman–Crippen MR) is 59.5 cm³/mol. The quantitative estimate of drug-likeness (QED) is 0.506. The molecule has 2 nitrogen and oxygen atoms in total. The Kier molecular flexibility index (Phi) is 6.68. The molecule has 0 unspecified atom stereocenters. The molecule has 1 aliphatic rings. The molecular weight excluding hydrogens is 182 g/mol. The second-order valence-corrected chi connectivity index (χ2v) is 4.12. The van der Waals surface area contributed by atoms with Crippen LogP contribution in [0.2, 0.25) is 0 Å². The Morgan fingerprint density at radius 1 is 1.23 bits per heavy atom. The van der Waals surface area contributed by atoms with Crippen molar-refractivity contribution in [1.29, 1.82) is 0 Å². The highest BCUT2D eigenvalue weighted by Gasteiger charge is 2.12. The summed E-state index contributed by atoms with van der Waals surface area (Å²) in [5.74, 6) is 1.89. The van der Waals surface area contributed by atoms with Gasteiger partial charge in [-0.3, -0.25) is 0 Å². The first-order chi connectivity index (χ1) is 6.43. The molecule has 3 heteroatoms. The van der Waals surface area contributed by atoms with Crippen LogP contribution in [0.15, 0.2) is 0 Å². The number of hydrogen-bond donors (Lipinski definition) is 2. The van der Waals surface area contributed by atoms with Crippen molar-refractivity contribution < 1.29 is 4.74 Å². The van der Waals surface area contributed by atoms with E-state index in [2.05, 4.69) is 17.9 Å². The van der Waals surface area contributed by atoms with Crippen LogP contribution in [-0.2, 0) is 4.74 Å². The summed E-state index contributed by atoms with van der Waals surface area (Å²) in [6.45, 7) is 4.23. The van der Waals surface area contributed by atoms with Gasteiger partial charge in [0.25, 0.3) is 0 Å². The summed E-state index contributed by atoms with van der Waals surface area (Å²) in [4.78, 5) is 0. The Labute approximate surface area is 86.8 Å². The van der Waals surface area contributed by atoms with Crippen molar-refractivity contribution in [2.75, 3.05) is 32.1 Å². The molecule has 0 amide bonds. The van der Waals surface area contributed by atoms with Crippen molar-refractivity contribution >= 4 is 12.6 Å². The van der Waals surface area contributed by atoms with Crippen molar-refractivity contribution in [1.82, 2.24) is 5.32 Å². The largest absolute Gasteiger partial charge is 0.381 e. The van der Waals surface area contributed by atoms with Crippen LogP contribution in [0.4, 0.5) is 0 Å². The van der Waals surface area contributed by atoms with Crippen LogP contribution < -0.4 is 5.32 Å². The van der Waals surface area contributed by atoms with E-state index in [1.54, 1.807) is 0 Å². The lowest BCUT2D eigenvalue weighted by Crippen LogP contribution is -2.23. The molecule has 13 heavy (non-hydrogen) atoms. The van der Waals surface area contributed by atoms with Gasteiger partial charge in [-0.1, -0.05) is 0 Å². The average molecular weight is 203 g/mol. The van der Waals surface area contributed by atoms with E-state index in [-0.39, 0.29) is 0 Å². The minimum atomic E-state index is 0.900. The summed E-state index contributed by atoms with van der Waals surface area (Å²) in [5.41, 5.74) is 0. The number of rotatable bonds is 6. The third-order valence-electron chi connectivity index (χ3n) is 2.58. The molecular formula is C10H21NOS. The van der Waals surface area contributed by atoms with E-state index < -0.39 is 0 Å². The van der Waals surface area contributed by atoms with Crippen LogP contribution >= 0.6 is 12.6 Å². The molecule has 0 spiro atoms. The highest BCUT2D eigenvalue weighted by Crippen LogP contribution is 2.17. The molecule has 1 aliphatic heterocycles. The van der Waals surface area contributed by atoms with E-state index in [1.807, 2.05) is 0 Å². The van der Waals surface area contributed by atoms with Gasteiger partial charge in [0.05, 0.1) is 0 Å². The fraction of sp³-hybridized carbons (Fsp3) is 1.00.